The van der Waals surface area contributed by atoms with Crippen molar-refractivity contribution in [2.24, 2.45) is 4.99 Å². The van der Waals surface area contributed by atoms with Crippen LogP contribution in [0.1, 0.15) is 32.8 Å². The minimum absolute atomic E-state index is 0.421. The number of nitrogens with zero attached hydrogens (tertiary/aromatic N) is 1. The fraction of sp³-hybridized carbons (Fsp3) is 0.579. The summed E-state index contributed by atoms with van der Waals surface area (Å²) in [6.07, 6.45) is 0.432. The molecule has 0 unspecified atom stereocenters. The highest BCUT2D eigenvalue weighted by Crippen LogP contribution is 2.15. The van der Waals surface area contributed by atoms with Crippen molar-refractivity contribution >= 4 is 12.1 Å². The Labute approximate surface area is 156 Å². The van der Waals surface area contributed by atoms with Gasteiger partial charge in [0.1, 0.15) is 11.4 Å². The largest absolute Gasteiger partial charge is 0.493 e. The van der Waals surface area contributed by atoms with Crippen LogP contribution in [0.15, 0.2) is 29.3 Å². The minimum atomic E-state index is -0.491. The lowest BCUT2D eigenvalue weighted by molar-refractivity contribution is 0.0529. The number of nitrogens with one attached hydrogen (secondary N) is 3. The van der Waals surface area contributed by atoms with Gasteiger partial charge in [0.05, 0.1) is 6.61 Å². The lowest BCUT2D eigenvalue weighted by atomic mass is 10.2. The number of hydrogen-bond acceptors (Lipinski definition) is 4. The second-order valence-corrected chi connectivity index (χ2v) is 6.82. The van der Waals surface area contributed by atoms with Gasteiger partial charge < -0.3 is 25.4 Å². The number of carbonyl (C=O) groups excluding carboxylic acids is 1. The van der Waals surface area contributed by atoms with Crippen LogP contribution < -0.4 is 20.7 Å². The van der Waals surface area contributed by atoms with Crippen LogP contribution >= 0.6 is 0 Å². The normalized spacial score (nSPS) is 11.7. The molecule has 0 aliphatic heterocycles. The van der Waals surface area contributed by atoms with Gasteiger partial charge in [-0.25, -0.2) is 4.79 Å². The van der Waals surface area contributed by atoms with E-state index in [1.54, 1.807) is 7.05 Å². The molecule has 0 heterocycles. The molecule has 3 N–H and O–H groups in total. The summed E-state index contributed by atoms with van der Waals surface area (Å²) < 4.78 is 10.9. The van der Waals surface area contributed by atoms with Crippen molar-refractivity contribution in [2.45, 2.75) is 39.7 Å². The van der Waals surface area contributed by atoms with E-state index in [0.717, 1.165) is 24.3 Å². The van der Waals surface area contributed by atoms with Crippen LogP contribution in [0.4, 0.5) is 4.79 Å². The van der Waals surface area contributed by atoms with Gasteiger partial charge in [0, 0.05) is 26.7 Å². The first-order chi connectivity index (χ1) is 12.3. The summed E-state index contributed by atoms with van der Waals surface area (Å²) in [7, 11) is 1.71. The molecule has 0 saturated carbocycles. The summed E-state index contributed by atoms with van der Waals surface area (Å²) in [5, 5.41) is 9.04. The summed E-state index contributed by atoms with van der Waals surface area (Å²) in [5.41, 5.74) is 0.644. The number of aliphatic imine (C=N–C) groups is 1. The second kappa shape index (κ2) is 11.2. The molecular weight excluding hydrogens is 332 g/mol. The average Bonchev–Trinajstić information content (AvgIpc) is 2.56. The van der Waals surface area contributed by atoms with Crippen LogP contribution in [-0.4, -0.2) is 50.9 Å². The number of hydrogen-bond donors (Lipinski definition) is 3. The summed E-state index contributed by atoms with van der Waals surface area (Å²) in [6, 6.07) is 7.97. The Balaban J connectivity index is 2.12. The van der Waals surface area contributed by atoms with Crippen molar-refractivity contribution in [1.82, 2.24) is 16.0 Å². The third kappa shape index (κ3) is 9.76. The fourth-order valence-electron chi connectivity index (χ4n) is 2.06. The summed E-state index contributed by atoms with van der Waals surface area (Å²) in [4.78, 5) is 15.7. The van der Waals surface area contributed by atoms with Crippen LogP contribution in [0.3, 0.4) is 0 Å². The SMILES string of the molecule is CN=C(NCCCOc1ccccc1C)NCCNC(=O)OC(C)(C)C. The van der Waals surface area contributed by atoms with Crippen molar-refractivity contribution in [3.63, 3.8) is 0 Å². The molecule has 0 atom stereocenters. The first kappa shape index (κ1) is 21.6. The van der Waals surface area contributed by atoms with Crippen LogP contribution in [0.5, 0.6) is 5.75 Å². The molecule has 0 aromatic heterocycles. The highest BCUT2D eigenvalue weighted by atomic mass is 16.6. The summed E-state index contributed by atoms with van der Waals surface area (Å²) >= 11 is 0. The standard InChI is InChI=1S/C19H32N4O3/c1-15-9-6-7-10-16(15)25-14-8-11-21-17(20-5)22-12-13-23-18(24)26-19(2,3)4/h6-7,9-10H,8,11-14H2,1-5H3,(H,23,24)(H2,20,21,22). The maximum atomic E-state index is 11.5. The fourth-order valence-corrected chi connectivity index (χ4v) is 2.06. The number of benzene rings is 1. The number of carbonyl (C=O) groups is 1. The highest BCUT2D eigenvalue weighted by Gasteiger charge is 2.15. The Morgan fingerprint density at radius 3 is 2.38 bits per heavy atom. The van der Waals surface area contributed by atoms with Crippen molar-refractivity contribution in [2.75, 3.05) is 33.3 Å². The molecule has 7 nitrogen and oxygen atoms in total. The molecule has 1 aromatic rings. The Bertz CT molecular complexity index is 582. The van der Waals surface area contributed by atoms with Gasteiger partial charge in [-0.2, -0.15) is 0 Å². The van der Waals surface area contributed by atoms with Crippen LogP contribution in [0.2, 0.25) is 0 Å². The first-order valence-corrected chi connectivity index (χ1v) is 8.91. The van der Waals surface area contributed by atoms with E-state index in [1.165, 1.54) is 0 Å². The van der Waals surface area contributed by atoms with Gasteiger partial charge in [-0.05, 0) is 45.7 Å². The number of alkyl carbamates (subject to hydrolysis) is 1. The monoisotopic (exact) mass is 364 g/mol. The van der Waals surface area contributed by atoms with Crippen LogP contribution in [0, 0.1) is 6.92 Å². The van der Waals surface area contributed by atoms with Crippen molar-refractivity contribution < 1.29 is 14.3 Å². The summed E-state index contributed by atoms with van der Waals surface area (Å²) in [6.45, 7) is 9.91. The van der Waals surface area contributed by atoms with E-state index in [-0.39, 0.29) is 0 Å². The minimum Gasteiger partial charge on any atom is -0.493 e. The maximum absolute atomic E-state index is 11.5. The van der Waals surface area contributed by atoms with E-state index in [9.17, 15) is 4.79 Å². The van der Waals surface area contributed by atoms with E-state index in [1.807, 2.05) is 52.0 Å². The third-order valence-corrected chi connectivity index (χ3v) is 3.27. The predicted octanol–water partition coefficient (Wildman–Crippen LogP) is 2.45. The van der Waals surface area contributed by atoms with Gasteiger partial charge in [0.2, 0.25) is 0 Å². The zero-order valence-corrected chi connectivity index (χ0v) is 16.5. The van der Waals surface area contributed by atoms with Gasteiger partial charge in [-0.1, -0.05) is 18.2 Å². The van der Waals surface area contributed by atoms with Gasteiger partial charge in [0.25, 0.3) is 0 Å². The lowest BCUT2D eigenvalue weighted by Crippen LogP contribution is -2.42. The molecule has 1 rings (SSSR count). The third-order valence-electron chi connectivity index (χ3n) is 3.27. The Morgan fingerprint density at radius 2 is 1.73 bits per heavy atom. The molecule has 0 aliphatic carbocycles. The van der Waals surface area contributed by atoms with Crippen LogP contribution in [0.25, 0.3) is 0 Å². The van der Waals surface area contributed by atoms with Gasteiger partial charge >= 0.3 is 6.09 Å². The van der Waals surface area contributed by atoms with E-state index in [4.69, 9.17) is 9.47 Å². The average molecular weight is 364 g/mol. The zero-order valence-electron chi connectivity index (χ0n) is 16.5. The molecule has 146 valence electrons. The molecule has 26 heavy (non-hydrogen) atoms. The molecule has 0 aliphatic rings. The molecule has 0 bridgehead atoms. The molecule has 7 heteroatoms. The van der Waals surface area contributed by atoms with E-state index >= 15 is 0 Å². The highest BCUT2D eigenvalue weighted by molar-refractivity contribution is 5.79. The van der Waals surface area contributed by atoms with Gasteiger partial charge in [-0.15, -0.1) is 0 Å². The Morgan fingerprint density at radius 1 is 1.08 bits per heavy atom. The number of rotatable bonds is 8. The van der Waals surface area contributed by atoms with Gasteiger partial charge in [0.15, 0.2) is 5.96 Å². The number of amides is 1. The molecule has 0 spiro atoms. The van der Waals surface area contributed by atoms with E-state index in [0.29, 0.717) is 25.7 Å². The van der Waals surface area contributed by atoms with Crippen molar-refractivity contribution in [3.8, 4) is 5.75 Å². The maximum Gasteiger partial charge on any atom is 0.407 e. The predicted molar refractivity (Wildman–Crippen MR) is 105 cm³/mol. The second-order valence-electron chi connectivity index (χ2n) is 6.82. The zero-order chi connectivity index (χ0) is 19.4. The summed E-state index contributed by atoms with van der Waals surface area (Å²) in [5.74, 6) is 1.61. The molecular formula is C19H32N4O3. The molecule has 1 amide bonds. The first-order valence-electron chi connectivity index (χ1n) is 8.91. The number of aryl methyl sites for hydroxylation is 1. The smallest absolute Gasteiger partial charge is 0.407 e. The Hall–Kier alpha value is -2.44. The van der Waals surface area contributed by atoms with Gasteiger partial charge in [-0.3, -0.25) is 4.99 Å². The molecule has 0 fully saturated rings. The number of para-hydroxylation sites is 1. The van der Waals surface area contributed by atoms with E-state index in [2.05, 4.69) is 20.9 Å². The van der Waals surface area contributed by atoms with Crippen molar-refractivity contribution in [1.29, 1.82) is 0 Å². The number of ether oxygens (including phenoxy) is 2. The van der Waals surface area contributed by atoms with Crippen LogP contribution in [-0.2, 0) is 4.74 Å². The van der Waals surface area contributed by atoms with Crippen molar-refractivity contribution in [3.05, 3.63) is 29.8 Å². The Kier molecular flexibility index (Phi) is 9.33. The molecule has 1 aromatic carbocycles. The lowest BCUT2D eigenvalue weighted by Gasteiger charge is -2.20. The number of guanidine groups is 1. The quantitative estimate of drug-likeness (QED) is 0.375. The molecule has 0 radical (unpaired) electrons. The topological polar surface area (TPSA) is 84.0 Å². The van der Waals surface area contributed by atoms with E-state index < -0.39 is 11.7 Å². The molecule has 0 saturated heterocycles.